The number of hydrogen-bond donors (Lipinski definition) is 2. The summed E-state index contributed by atoms with van der Waals surface area (Å²) >= 11 is 11.4. The molecule has 6 nitrogen and oxygen atoms in total. The van der Waals surface area contributed by atoms with Gasteiger partial charge in [0.05, 0.1) is 65.6 Å². The van der Waals surface area contributed by atoms with E-state index < -0.39 is 12.2 Å². The molecule has 0 bridgehead atoms. The Morgan fingerprint density at radius 1 is 0.710 bits per heavy atom. The van der Waals surface area contributed by atoms with Crippen molar-refractivity contribution in [3.05, 3.63) is 0 Å². The molecule has 0 amide bonds. The molecule has 12 heteroatoms. The number of rotatable bonds is 10. The molecule has 2 saturated heterocycles. The zero-order valence-corrected chi connectivity index (χ0v) is 23.4. The third-order valence-corrected chi connectivity index (χ3v) is 7.23. The first-order chi connectivity index (χ1) is 12.8. The minimum atomic E-state index is -0.405. The van der Waals surface area contributed by atoms with Crippen molar-refractivity contribution in [3.63, 3.8) is 0 Å². The Kier molecular flexibility index (Phi) is 21.4. The summed E-state index contributed by atoms with van der Waals surface area (Å²) in [6.45, 7) is 12.7. The number of alkyl halides is 2. The molecule has 192 valence electrons. The Balaban J connectivity index is -0.00000196. The van der Waals surface area contributed by atoms with Gasteiger partial charge in [-0.15, -0.1) is 48.0 Å². The van der Waals surface area contributed by atoms with E-state index in [1.54, 1.807) is 0 Å². The number of piperazine rings is 2. The van der Waals surface area contributed by atoms with Crippen molar-refractivity contribution >= 4 is 48.0 Å². The normalized spacial score (nSPS) is 22.6. The molecule has 2 aliphatic rings. The quantitative estimate of drug-likeness (QED) is 0.204. The van der Waals surface area contributed by atoms with Crippen LogP contribution in [0.3, 0.4) is 0 Å². The maximum Gasteiger partial charge on any atom is 0.0914 e. The van der Waals surface area contributed by atoms with Crippen LogP contribution >= 0.6 is 48.0 Å². The first-order valence-corrected chi connectivity index (χ1v) is 11.4. The number of nitrogens with zero attached hydrogens (tertiary/aromatic N) is 4. The van der Waals surface area contributed by atoms with Gasteiger partial charge in [0.15, 0.2) is 0 Å². The molecule has 0 radical (unpaired) electrons. The highest BCUT2D eigenvalue weighted by atomic mass is 35.5. The summed E-state index contributed by atoms with van der Waals surface area (Å²) in [7, 11) is 4.75. The van der Waals surface area contributed by atoms with Crippen LogP contribution in [0.25, 0.3) is 0 Å². The highest BCUT2D eigenvalue weighted by Crippen LogP contribution is 2.16. The largest absolute Gasteiger partial charge is 1.00 e. The van der Waals surface area contributed by atoms with Gasteiger partial charge in [0.2, 0.25) is 0 Å². The number of β-amino-alcohol motifs (C(OH)–C–C–N with tert-alkyl or cyclic N) is 2. The first kappa shape index (κ1) is 37.1. The maximum atomic E-state index is 9.73. The van der Waals surface area contributed by atoms with Gasteiger partial charge in [0.1, 0.15) is 0 Å². The minimum Gasteiger partial charge on any atom is -1.00 e. The van der Waals surface area contributed by atoms with Crippen LogP contribution in [0.2, 0.25) is 0 Å². The van der Waals surface area contributed by atoms with Gasteiger partial charge >= 0.3 is 0 Å². The monoisotopic (exact) mass is 568 g/mol. The number of aliphatic hydroxyl groups is 2. The second kappa shape index (κ2) is 17.9. The fraction of sp³-hybridized carbons (Fsp3) is 1.00. The molecule has 2 atom stereocenters. The van der Waals surface area contributed by atoms with E-state index in [-0.39, 0.29) is 49.6 Å². The molecule has 0 spiro atoms. The van der Waals surface area contributed by atoms with Gasteiger partial charge < -0.3 is 44.0 Å². The van der Waals surface area contributed by atoms with Crippen LogP contribution in [0.5, 0.6) is 0 Å². The summed E-state index contributed by atoms with van der Waals surface area (Å²) in [6, 6.07) is 0. The van der Waals surface area contributed by atoms with E-state index in [1.807, 2.05) is 0 Å². The van der Waals surface area contributed by atoms with Gasteiger partial charge in [-0.05, 0) is 0 Å². The molecule has 2 N–H and O–H groups in total. The predicted octanol–water partition coefficient (Wildman–Crippen LogP) is -5.05. The molecule has 0 aromatic carbocycles. The molecule has 2 aliphatic heterocycles. The summed E-state index contributed by atoms with van der Waals surface area (Å²) in [5.74, 6) is 0.642. The van der Waals surface area contributed by atoms with E-state index in [1.165, 1.54) is 19.5 Å². The fourth-order valence-electron chi connectivity index (χ4n) is 4.32. The maximum absolute atomic E-state index is 9.73. The molecule has 0 saturated carbocycles. The average molecular weight is 571 g/mol. The summed E-state index contributed by atoms with van der Waals surface area (Å²) in [5.41, 5.74) is 0. The minimum absolute atomic E-state index is 0. The summed E-state index contributed by atoms with van der Waals surface area (Å²) in [4.78, 5) is 4.69. The van der Waals surface area contributed by atoms with Gasteiger partial charge in [0, 0.05) is 57.4 Å². The zero-order valence-electron chi connectivity index (χ0n) is 18.8. The molecule has 0 aliphatic carbocycles. The fourth-order valence-corrected chi connectivity index (χ4v) is 4.51. The van der Waals surface area contributed by atoms with Crippen LogP contribution in [0.15, 0.2) is 0 Å². The van der Waals surface area contributed by atoms with Crippen molar-refractivity contribution in [1.29, 1.82) is 0 Å². The highest BCUT2D eigenvalue weighted by Gasteiger charge is 2.32. The van der Waals surface area contributed by atoms with E-state index in [2.05, 4.69) is 23.9 Å². The Hall–Kier alpha value is 1.50. The van der Waals surface area contributed by atoms with Gasteiger partial charge in [-0.25, -0.2) is 0 Å². The third-order valence-electron chi connectivity index (χ3n) is 6.51. The third kappa shape index (κ3) is 13.2. The lowest BCUT2D eigenvalue weighted by atomic mass is 10.2. The molecule has 2 fully saturated rings. The molecule has 2 unspecified atom stereocenters. The molecule has 2 rings (SSSR count). The molecule has 0 aromatic heterocycles. The second-order valence-corrected chi connectivity index (χ2v) is 9.77. The summed E-state index contributed by atoms with van der Waals surface area (Å²) in [5, 5.41) is 19.5. The predicted molar refractivity (Wildman–Crippen MR) is 127 cm³/mol. The smallest absolute Gasteiger partial charge is 0.0914 e. The number of halogens is 6. The van der Waals surface area contributed by atoms with Crippen molar-refractivity contribution in [2.75, 3.05) is 104 Å². The zero-order chi connectivity index (χ0) is 19.9. The highest BCUT2D eigenvalue weighted by molar-refractivity contribution is 6.18. The lowest BCUT2D eigenvalue weighted by molar-refractivity contribution is -0.931. The Bertz CT molecular complexity index is 402. The Morgan fingerprint density at radius 2 is 1.00 bits per heavy atom. The average Bonchev–Trinajstić information content (AvgIpc) is 2.65. The van der Waals surface area contributed by atoms with E-state index in [0.29, 0.717) is 24.8 Å². The van der Waals surface area contributed by atoms with Gasteiger partial charge in [-0.1, -0.05) is 0 Å². The first-order valence-electron chi connectivity index (χ1n) is 10.4. The van der Waals surface area contributed by atoms with Crippen molar-refractivity contribution < 1.29 is 44.0 Å². The van der Waals surface area contributed by atoms with Gasteiger partial charge in [0.25, 0.3) is 0 Å². The van der Waals surface area contributed by atoms with Crippen molar-refractivity contribution in [1.82, 2.24) is 9.80 Å². The van der Waals surface area contributed by atoms with Crippen LogP contribution in [0, 0.1) is 0 Å². The topological polar surface area (TPSA) is 46.9 Å². The second-order valence-electron chi connectivity index (χ2n) is 9.15. The van der Waals surface area contributed by atoms with Crippen LogP contribution in [0.4, 0.5) is 0 Å². The standard InChI is InChI=1S/C19H40Cl2N4O2.4ClH/c1-24(10-4-22(5-11-24)16-18(26)14-20)8-3-9-25(2)12-6-23(7-13-25)17-19(27)15-21;;;;/h18-19,26-27H,3-17H2,1-2H3;4*1H/q+2;;;;/p-2. The van der Waals surface area contributed by atoms with Crippen LogP contribution in [-0.2, 0) is 0 Å². The van der Waals surface area contributed by atoms with Crippen molar-refractivity contribution in [2.45, 2.75) is 18.6 Å². The van der Waals surface area contributed by atoms with Gasteiger partial charge in [-0.3, -0.25) is 9.80 Å². The molecule has 2 heterocycles. The van der Waals surface area contributed by atoms with E-state index in [9.17, 15) is 10.2 Å². The van der Waals surface area contributed by atoms with Crippen molar-refractivity contribution in [3.8, 4) is 0 Å². The molecule has 31 heavy (non-hydrogen) atoms. The van der Waals surface area contributed by atoms with Gasteiger partial charge in [-0.2, -0.15) is 0 Å². The summed E-state index contributed by atoms with van der Waals surface area (Å²) < 4.78 is 2.28. The van der Waals surface area contributed by atoms with E-state index in [4.69, 9.17) is 23.2 Å². The molecule has 0 aromatic rings. The number of aliphatic hydroxyl groups excluding tert-OH is 2. The number of hydrogen-bond acceptors (Lipinski definition) is 4. The Labute approximate surface area is 224 Å². The van der Waals surface area contributed by atoms with Crippen LogP contribution in [-0.4, -0.2) is 146 Å². The lowest BCUT2D eigenvalue weighted by Crippen LogP contribution is -3.00. The number of quaternary nitrogens is 2. The number of likely N-dealkylation sites (N-methyl/N-ethyl adjacent to an activating group) is 2. The summed E-state index contributed by atoms with van der Waals surface area (Å²) in [6.07, 6.45) is 0.441. The molecular formula is C19H42Cl6N4O2. The molecular weight excluding hydrogens is 529 g/mol. The van der Waals surface area contributed by atoms with E-state index >= 15 is 0 Å². The van der Waals surface area contributed by atoms with Crippen molar-refractivity contribution in [2.24, 2.45) is 0 Å². The SMILES string of the molecule is C[N+]1(CCC[N+]2(C)CCN(CC(O)CCl)CC2)CCN(CC(O)CCl)CC1.Cl.Cl.[Cl-].[Cl-]. The Morgan fingerprint density at radius 3 is 1.26 bits per heavy atom. The lowest BCUT2D eigenvalue weighted by Gasteiger charge is -2.45. The van der Waals surface area contributed by atoms with Crippen LogP contribution < -0.4 is 24.8 Å². The van der Waals surface area contributed by atoms with E-state index in [0.717, 1.165) is 61.3 Å². The van der Waals surface area contributed by atoms with Crippen LogP contribution in [0.1, 0.15) is 6.42 Å².